The molecule has 7 unspecified atom stereocenters. The van der Waals surface area contributed by atoms with Gasteiger partial charge in [0.15, 0.2) is 6.29 Å². The first kappa shape index (κ1) is 46.2. The number of carbonyl (C=O) groups excluding carboxylic acids is 1. The number of hydrogen-bond acceptors (Lipinski definition) is 8. The van der Waals surface area contributed by atoms with Gasteiger partial charge < -0.3 is 40.3 Å². The van der Waals surface area contributed by atoms with Crippen molar-refractivity contribution >= 4 is 5.91 Å². The molecule has 1 heterocycles. The van der Waals surface area contributed by atoms with E-state index in [2.05, 4.69) is 19.2 Å². The SMILES string of the molecule is CCCCCCCCCCCCCCCCCCCCCCCCCC(=O)NC(COC1OC(CO)C(O)C(O)C1O)C(O)CCCCC. The van der Waals surface area contributed by atoms with E-state index in [4.69, 9.17) is 9.47 Å². The standard InChI is InChI=1S/C40H79NO8/c1-3-5-7-8-9-10-11-12-13-14-15-16-17-18-19-20-21-22-23-24-25-26-28-30-36(44)41-33(34(43)29-27-6-4-2)32-48-40-39(47)38(46)37(45)35(31-42)49-40/h33-35,37-40,42-43,45-47H,3-32H2,1-2H3,(H,41,44). The zero-order valence-corrected chi connectivity index (χ0v) is 31.7. The van der Waals surface area contributed by atoms with E-state index >= 15 is 0 Å². The minimum absolute atomic E-state index is 0.138. The van der Waals surface area contributed by atoms with Gasteiger partial charge in [-0.1, -0.05) is 174 Å². The van der Waals surface area contributed by atoms with Gasteiger partial charge in [-0.2, -0.15) is 0 Å². The molecule has 0 radical (unpaired) electrons. The van der Waals surface area contributed by atoms with Gasteiger partial charge in [0.1, 0.15) is 24.4 Å². The number of amides is 1. The summed E-state index contributed by atoms with van der Waals surface area (Å²) in [7, 11) is 0. The monoisotopic (exact) mass is 702 g/mol. The molecule has 1 rings (SSSR count). The molecule has 9 nitrogen and oxygen atoms in total. The second-order valence-electron chi connectivity index (χ2n) is 14.8. The normalized spacial score (nSPS) is 22.3. The summed E-state index contributed by atoms with van der Waals surface area (Å²) in [4.78, 5) is 12.7. The fourth-order valence-corrected chi connectivity index (χ4v) is 6.81. The van der Waals surface area contributed by atoms with Crippen LogP contribution in [0.3, 0.4) is 0 Å². The van der Waals surface area contributed by atoms with Crippen molar-refractivity contribution in [3.8, 4) is 0 Å². The summed E-state index contributed by atoms with van der Waals surface area (Å²) in [5.41, 5.74) is 0. The highest BCUT2D eigenvalue weighted by Crippen LogP contribution is 2.23. The fourth-order valence-electron chi connectivity index (χ4n) is 6.81. The van der Waals surface area contributed by atoms with Gasteiger partial charge in [0.05, 0.1) is 25.4 Å². The molecule has 0 spiro atoms. The molecular formula is C40H79NO8. The van der Waals surface area contributed by atoms with Crippen molar-refractivity contribution in [2.24, 2.45) is 0 Å². The molecule has 0 aromatic heterocycles. The molecule has 49 heavy (non-hydrogen) atoms. The first-order valence-corrected chi connectivity index (χ1v) is 20.7. The summed E-state index contributed by atoms with van der Waals surface area (Å²) in [6.45, 7) is 3.67. The quantitative estimate of drug-likeness (QED) is 0.0376. The zero-order valence-electron chi connectivity index (χ0n) is 31.7. The van der Waals surface area contributed by atoms with Gasteiger partial charge in [-0.25, -0.2) is 0 Å². The molecule has 0 bridgehead atoms. The van der Waals surface area contributed by atoms with Crippen LogP contribution in [0.1, 0.15) is 194 Å². The molecule has 1 saturated heterocycles. The summed E-state index contributed by atoms with van der Waals surface area (Å²) in [6.07, 6.45) is 26.4. The van der Waals surface area contributed by atoms with Crippen LogP contribution in [0.4, 0.5) is 0 Å². The van der Waals surface area contributed by atoms with E-state index < -0.39 is 49.5 Å². The first-order chi connectivity index (χ1) is 23.8. The van der Waals surface area contributed by atoms with E-state index in [0.29, 0.717) is 12.8 Å². The van der Waals surface area contributed by atoms with Crippen molar-refractivity contribution in [2.75, 3.05) is 13.2 Å². The third-order valence-electron chi connectivity index (χ3n) is 10.2. The van der Waals surface area contributed by atoms with Gasteiger partial charge in [-0.15, -0.1) is 0 Å². The van der Waals surface area contributed by atoms with E-state index in [-0.39, 0.29) is 12.5 Å². The van der Waals surface area contributed by atoms with Crippen LogP contribution in [-0.4, -0.2) is 87.5 Å². The molecular weight excluding hydrogens is 622 g/mol. The molecule has 0 aliphatic carbocycles. The predicted molar refractivity (Wildman–Crippen MR) is 198 cm³/mol. The average molecular weight is 702 g/mol. The number of rotatable bonds is 34. The zero-order chi connectivity index (χ0) is 36.0. The highest BCUT2D eigenvalue weighted by Gasteiger charge is 2.44. The smallest absolute Gasteiger partial charge is 0.220 e. The Morgan fingerprint density at radius 3 is 1.45 bits per heavy atom. The maximum Gasteiger partial charge on any atom is 0.220 e. The van der Waals surface area contributed by atoms with Crippen LogP contribution in [-0.2, 0) is 14.3 Å². The summed E-state index contributed by atoms with van der Waals surface area (Å²) < 4.78 is 11.1. The third kappa shape index (κ3) is 23.4. The highest BCUT2D eigenvalue weighted by molar-refractivity contribution is 5.76. The highest BCUT2D eigenvalue weighted by atomic mass is 16.7. The lowest BCUT2D eigenvalue weighted by molar-refractivity contribution is -0.302. The van der Waals surface area contributed by atoms with Crippen molar-refractivity contribution in [2.45, 2.75) is 236 Å². The van der Waals surface area contributed by atoms with Crippen molar-refractivity contribution < 1.29 is 39.8 Å². The van der Waals surface area contributed by atoms with Crippen LogP contribution in [0.25, 0.3) is 0 Å². The van der Waals surface area contributed by atoms with E-state index in [1.54, 1.807) is 0 Å². The average Bonchev–Trinajstić information content (AvgIpc) is 3.10. The molecule has 1 amide bonds. The topological polar surface area (TPSA) is 149 Å². The van der Waals surface area contributed by atoms with E-state index in [0.717, 1.165) is 38.5 Å². The van der Waals surface area contributed by atoms with Gasteiger partial charge in [0, 0.05) is 6.42 Å². The number of unbranched alkanes of at least 4 members (excludes halogenated alkanes) is 24. The molecule has 292 valence electrons. The first-order valence-electron chi connectivity index (χ1n) is 20.7. The Labute approximate surface area is 300 Å². The van der Waals surface area contributed by atoms with Crippen molar-refractivity contribution in [3.63, 3.8) is 0 Å². The van der Waals surface area contributed by atoms with Crippen LogP contribution in [0.5, 0.6) is 0 Å². The lowest BCUT2D eigenvalue weighted by Crippen LogP contribution is -2.60. The van der Waals surface area contributed by atoms with E-state index in [1.807, 2.05) is 0 Å². The summed E-state index contributed by atoms with van der Waals surface area (Å²) in [6, 6.07) is -0.707. The van der Waals surface area contributed by atoms with Crippen molar-refractivity contribution in [1.82, 2.24) is 5.32 Å². The number of nitrogens with one attached hydrogen (secondary N) is 1. The Bertz CT molecular complexity index is 741. The van der Waals surface area contributed by atoms with Gasteiger partial charge >= 0.3 is 0 Å². The Morgan fingerprint density at radius 1 is 0.612 bits per heavy atom. The van der Waals surface area contributed by atoms with Crippen LogP contribution in [0.15, 0.2) is 0 Å². The third-order valence-corrected chi connectivity index (χ3v) is 10.2. The Balaban J connectivity index is 2.08. The number of hydrogen-bond donors (Lipinski definition) is 6. The van der Waals surface area contributed by atoms with Crippen molar-refractivity contribution in [1.29, 1.82) is 0 Å². The van der Waals surface area contributed by atoms with E-state index in [9.17, 15) is 30.3 Å². The van der Waals surface area contributed by atoms with Crippen LogP contribution in [0.2, 0.25) is 0 Å². The fraction of sp³-hybridized carbons (Fsp3) is 0.975. The van der Waals surface area contributed by atoms with Crippen LogP contribution < -0.4 is 5.32 Å². The Hall–Kier alpha value is -0.810. The Kier molecular flexibility index (Phi) is 30.1. The van der Waals surface area contributed by atoms with Gasteiger partial charge in [-0.05, 0) is 12.8 Å². The van der Waals surface area contributed by atoms with Gasteiger partial charge in [-0.3, -0.25) is 4.79 Å². The lowest BCUT2D eigenvalue weighted by Gasteiger charge is -2.40. The lowest BCUT2D eigenvalue weighted by atomic mass is 9.99. The second-order valence-corrected chi connectivity index (χ2v) is 14.8. The molecule has 7 atom stereocenters. The molecule has 0 saturated carbocycles. The number of carbonyl (C=O) groups is 1. The predicted octanol–water partition coefficient (Wildman–Crippen LogP) is 7.61. The summed E-state index contributed by atoms with van der Waals surface area (Å²) in [5.74, 6) is -0.152. The molecule has 1 fully saturated rings. The summed E-state index contributed by atoms with van der Waals surface area (Å²) in [5, 5.41) is 53.4. The molecule has 9 heteroatoms. The molecule has 6 N–H and O–H groups in total. The van der Waals surface area contributed by atoms with Crippen LogP contribution >= 0.6 is 0 Å². The Morgan fingerprint density at radius 2 is 1.02 bits per heavy atom. The van der Waals surface area contributed by atoms with Gasteiger partial charge in [0.25, 0.3) is 0 Å². The molecule has 1 aliphatic heterocycles. The van der Waals surface area contributed by atoms with Crippen molar-refractivity contribution in [3.05, 3.63) is 0 Å². The number of ether oxygens (including phenoxy) is 2. The minimum Gasteiger partial charge on any atom is -0.394 e. The van der Waals surface area contributed by atoms with E-state index in [1.165, 1.54) is 128 Å². The second kappa shape index (κ2) is 31.9. The van der Waals surface area contributed by atoms with Crippen LogP contribution in [0, 0.1) is 0 Å². The minimum atomic E-state index is -1.54. The number of aliphatic hydroxyl groups is 5. The maximum absolute atomic E-state index is 12.7. The largest absolute Gasteiger partial charge is 0.394 e. The maximum atomic E-state index is 12.7. The molecule has 0 aromatic rings. The summed E-state index contributed by atoms with van der Waals surface area (Å²) >= 11 is 0. The number of aliphatic hydroxyl groups excluding tert-OH is 5. The molecule has 0 aromatic carbocycles. The molecule has 1 aliphatic rings. The van der Waals surface area contributed by atoms with Gasteiger partial charge in [0.2, 0.25) is 5.91 Å².